The third-order valence-corrected chi connectivity index (χ3v) is 3.77. The number of carboxylic acids is 1. The molecule has 0 radical (unpaired) electrons. The van der Waals surface area contributed by atoms with Crippen molar-refractivity contribution < 1.29 is 28.6 Å². The van der Waals surface area contributed by atoms with E-state index in [0.29, 0.717) is 18.8 Å². The Morgan fingerprint density at radius 1 is 1.35 bits per heavy atom. The smallest absolute Gasteiger partial charge is 0.311 e. The zero-order valence-electron chi connectivity index (χ0n) is 12.9. The molecular formula is C16H20FNO5. The zero-order valence-corrected chi connectivity index (χ0v) is 12.9. The first-order valence-corrected chi connectivity index (χ1v) is 7.51. The number of carbonyl (C=O) groups excluding carboxylic acids is 1. The van der Waals surface area contributed by atoms with Crippen molar-refractivity contribution in [1.29, 1.82) is 0 Å². The first-order chi connectivity index (χ1) is 11.0. The Bertz CT molecular complexity index is 565. The minimum absolute atomic E-state index is 0.227. The van der Waals surface area contributed by atoms with Crippen LogP contribution in [0.5, 0.6) is 5.75 Å². The molecule has 2 atom stereocenters. The lowest BCUT2D eigenvalue weighted by molar-refractivity contribution is -0.155. The molecule has 1 aromatic carbocycles. The number of likely N-dealkylation sites (tertiary alicyclic amines) is 1. The minimum Gasteiger partial charge on any atom is -0.492 e. The van der Waals surface area contributed by atoms with E-state index >= 15 is 0 Å². The Balaban J connectivity index is 1.86. The maximum atomic E-state index is 13.0. The number of ether oxygens (including phenoxy) is 2. The maximum Gasteiger partial charge on any atom is 0.311 e. The van der Waals surface area contributed by atoms with Gasteiger partial charge in [-0.1, -0.05) is 6.07 Å². The highest BCUT2D eigenvalue weighted by Gasteiger charge is 2.42. The van der Waals surface area contributed by atoms with E-state index in [1.165, 1.54) is 12.1 Å². The van der Waals surface area contributed by atoms with Crippen molar-refractivity contribution in [3.63, 3.8) is 0 Å². The van der Waals surface area contributed by atoms with E-state index in [4.69, 9.17) is 9.47 Å². The number of carbonyl (C=O) groups is 2. The molecule has 0 aromatic heterocycles. The lowest BCUT2D eigenvalue weighted by Gasteiger charge is -2.15. The molecule has 2 rings (SSSR count). The van der Waals surface area contributed by atoms with E-state index in [0.717, 1.165) is 0 Å². The van der Waals surface area contributed by atoms with Gasteiger partial charge >= 0.3 is 11.9 Å². The summed E-state index contributed by atoms with van der Waals surface area (Å²) in [6.45, 7) is 3.24. The number of hydrogen-bond donors (Lipinski definition) is 1. The summed E-state index contributed by atoms with van der Waals surface area (Å²) in [5.74, 6) is -2.88. The lowest BCUT2D eigenvalue weighted by atomic mass is 9.96. The van der Waals surface area contributed by atoms with Gasteiger partial charge in [0, 0.05) is 25.7 Å². The van der Waals surface area contributed by atoms with Crippen molar-refractivity contribution in [3.8, 4) is 5.75 Å². The highest BCUT2D eigenvalue weighted by molar-refractivity contribution is 5.82. The summed E-state index contributed by atoms with van der Waals surface area (Å²) in [6, 6.07) is 5.81. The van der Waals surface area contributed by atoms with Crippen LogP contribution >= 0.6 is 0 Å². The van der Waals surface area contributed by atoms with E-state index < -0.39 is 23.8 Å². The average Bonchev–Trinajstić information content (AvgIpc) is 2.92. The van der Waals surface area contributed by atoms with Crippen LogP contribution in [0.1, 0.15) is 6.92 Å². The van der Waals surface area contributed by atoms with Gasteiger partial charge < -0.3 is 14.6 Å². The first-order valence-electron chi connectivity index (χ1n) is 7.51. The molecule has 1 heterocycles. The molecule has 1 aromatic rings. The van der Waals surface area contributed by atoms with Gasteiger partial charge in [-0.3, -0.25) is 14.5 Å². The van der Waals surface area contributed by atoms with Gasteiger partial charge in [0.1, 0.15) is 18.2 Å². The maximum absolute atomic E-state index is 13.0. The zero-order chi connectivity index (χ0) is 16.8. The molecule has 1 aliphatic heterocycles. The lowest BCUT2D eigenvalue weighted by Crippen LogP contribution is -2.29. The van der Waals surface area contributed by atoms with Crippen LogP contribution in [0.3, 0.4) is 0 Å². The molecule has 23 heavy (non-hydrogen) atoms. The van der Waals surface area contributed by atoms with Crippen LogP contribution in [-0.4, -0.2) is 54.8 Å². The summed E-state index contributed by atoms with van der Waals surface area (Å²) in [7, 11) is 0. The van der Waals surface area contributed by atoms with Gasteiger partial charge in [0.15, 0.2) is 0 Å². The molecule has 0 unspecified atom stereocenters. The molecule has 6 nitrogen and oxygen atoms in total. The van der Waals surface area contributed by atoms with Crippen molar-refractivity contribution in [2.24, 2.45) is 11.8 Å². The van der Waals surface area contributed by atoms with E-state index in [2.05, 4.69) is 0 Å². The summed E-state index contributed by atoms with van der Waals surface area (Å²) in [6.07, 6.45) is 0. The molecule has 0 saturated carbocycles. The number of aliphatic carboxylic acids is 1. The molecule has 1 saturated heterocycles. The minimum atomic E-state index is -1.00. The quantitative estimate of drug-likeness (QED) is 0.764. The Morgan fingerprint density at radius 3 is 2.74 bits per heavy atom. The van der Waals surface area contributed by atoms with E-state index in [1.807, 2.05) is 4.90 Å². The third-order valence-electron chi connectivity index (χ3n) is 3.77. The predicted molar refractivity (Wildman–Crippen MR) is 79.6 cm³/mol. The normalized spacial score (nSPS) is 21.1. The van der Waals surface area contributed by atoms with Crippen LogP contribution in [0.4, 0.5) is 4.39 Å². The second-order valence-electron chi connectivity index (χ2n) is 5.37. The third kappa shape index (κ3) is 4.66. The second-order valence-corrected chi connectivity index (χ2v) is 5.37. The molecule has 126 valence electrons. The van der Waals surface area contributed by atoms with Crippen LogP contribution in [0.2, 0.25) is 0 Å². The van der Waals surface area contributed by atoms with E-state index in [1.54, 1.807) is 19.1 Å². The molecule has 1 N–H and O–H groups in total. The molecule has 0 bridgehead atoms. The average molecular weight is 325 g/mol. The number of rotatable bonds is 7. The predicted octanol–water partition coefficient (Wildman–Crippen LogP) is 1.40. The summed E-state index contributed by atoms with van der Waals surface area (Å²) < 4.78 is 23.4. The van der Waals surface area contributed by atoms with Gasteiger partial charge in [-0.15, -0.1) is 0 Å². The summed E-state index contributed by atoms with van der Waals surface area (Å²) in [5, 5.41) is 9.25. The summed E-state index contributed by atoms with van der Waals surface area (Å²) in [5.41, 5.74) is 0. The Morgan fingerprint density at radius 2 is 2.09 bits per heavy atom. The Kier molecular flexibility index (Phi) is 5.92. The van der Waals surface area contributed by atoms with Gasteiger partial charge in [-0.25, -0.2) is 4.39 Å². The fraction of sp³-hybridized carbons (Fsp3) is 0.500. The fourth-order valence-corrected chi connectivity index (χ4v) is 2.66. The largest absolute Gasteiger partial charge is 0.492 e. The van der Waals surface area contributed by atoms with Crippen molar-refractivity contribution >= 4 is 11.9 Å². The van der Waals surface area contributed by atoms with Crippen LogP contribution in [-0.2, 0) is 14.3 Å². The SMILES string of the molecule is CCOC(=O)[C@@H]1CN(CCOc2cccc(F)c2)C[C@H]1C(=O)O. The molecular weight excluding hydrogens is 305 g/mol. The van der Waals surface area contributed by atoms with Gasteiger partial charge in [0.05, 0.1) is 18.4 Å². The number of nitrogens with zero attached hydrogens (tertiary/aromatic N) is 1. The van der Waals surface area contributed by atoms with Gasteiger partial charge in [0.2, 0.25) is 0 Å². The Hall–Kier alpha value is -2.15. The van der Waals surface area contributed by atoms with Crippen molar-refractivity contribution in [2.75, 3.05) is 32.8 Å². The number of esters is 1. The highest BCUT2D eigenvalue weighted by Crippen LogP contribution is 2.25. The van der Waals surface area contributed by atoms with Crippen molar-refractivity contribution in [3.05, 3.63) is 30.1 Å². The van der Waals surface area contributed by atoms with Crippen molar-refractivity contribution in [2.45, 2.75) is 6.92 Å². The van der Waals surface area contributed by atoms with Gasteiger partial charge in [-0.05, 0) is 19.1 Å². The standard InChI is InChI=1S/C16H20FNO5/c1-2-22-16(21)14-10-18(9-13(14)15(19)20)6-7-23-12-5-3-4-11(17)8-12/h3-5,8,13-14H,2,6-7,9-10H2,1H3,(H,19,20)/t13-,14-/m1/s1. The first kappa shape index (κ1) is 17.2. The molecule has 0 aliphatic carbocycles. The number of carboxylic acid groups (broad SMARTS) is 1. The van der Waals surface area contributed by atoms with E-state index in [-0.39, 0.29) is 25.6 Å². The molecule has 0 spiro atoms. The molecule has 1 aliphatic rings. The van der Waals surface area contributed by atoms with Crippen molar-refractivity contribution in [1.82, 2.24) is 4.90 Å². The number of benzene rings is 1. The Labute approximate surface area is 133 Å². The number of halogens is 1. The fourth-order valence-electron chi connectivity index (χ4n) is 2.66. The van der Waals surface area contributed by atoms with Crippen LogP contribution < -0.4 is 4.74 Å². The molecule has 7 heteroatoms. The molecule has 0 amide bonds. The summed E-state index contributed by atoms with van der Waals surface area (Å²) in [4.78, 5) is 25.0. The monoisotopic (exact) mass is 325 g/mol. The van der Waals surface area contributed by atoms with Gasteiger partial charge in [-0.2, -0.15) is 0 Å². The summed E-state index contributed by atoms with van der Waals surface area (Å²) >= 11 is 0. The van der Waals surface area contributed by atoms with Crippen LogP contribution in [0.25, 0.3) is 0 Å². The second kappa shape index (κ2) is 7.92. The van der Waals surface area contributed by atoms with Crippen LogP contribution in [0, 0.1) is 17.7 Å². The van der Waals surface area contributed by atoms with Gasteiger partial charge in [0.25, 0.3) is 0 Å². The number of hydrogen-bond acceptors (Lipinski definition) is 5. The topological polar surface area (TPSA) is 76.1 Å². The highest BCUT2D eigenvalue weighted by atomic mass is 19.1. The van der Waals surface area contributed by atoms with Crippen LogP contribution in [0.15, 0.2) is 24.3 Å². The molecule has 1 fully saturated rings. The van der Waals surface area contributed by atoms with E-state index in [9.17, 15) is 19.1 Å².